The van der Waals surface area contributed by atoms with E-state index in [4.69, 9.17) is 0 Å². The fourth-order valence-electron chi connectivity index (χ4n) is 1.32. The van der Waals surface area contributed by atoms with Gasteiger partial charge in [0.2, 0.25) is 5.91 Å². The van der Waals surface area contributed by atoms with Gasteiger partial charge < -0.3 is 10.6 Å². The van der Waals surface area contributed by atoms with E-state index in [-0.39, 0.29) is 11.9 Å². The van der Waals surface area contributed by atoms with Crippen LogP contribution in [0.25, 0.3) is 0 Å². The minimum absolute atomic E-state index is 0.0488. The standard InChI is InChI=1S/C13H21N3O/c1-10(2)8-16-13(17)11(3)15-9-12-4-6-14-7-5-12/h4-7,10-11,15H,8-9H2,1-3H3,(H,16,17). The summed E-state index contributed by atoms with van der Waals surface area (Å²) in [7, 11) is 0. The maximum atomic E-state index is 11.7. The molecule has 0 spiro atoms. The second-order valence-electron chi connectivity index (χ2n) is 4.60. The van der Waals surface area contributed by atoms with Crippen LogP contribution in [0.2, 0.25) is 0 Å². The molecule has 0 bridgehead atoms. The van der Waals surface area contributed by atoms with Crippen LogP contribution in [0, 0.1) is 5.92 Å². The summed E-state index contributed by atoms with van der Waals surface area (Å²) in [6.07, 6.45) is 3.50. The average molecular weight is 235 g/mol. The number of carbonyl (C=O) groups excluding carboxylic acids is 1. The van der Waals surface area contributed by atoms with Crippen molar-refractivity contribution in [2.75, 3.05) is 6.54 Å². The molecule has 0 aromatic carbocycles. The number of nitrogens with zero attached hydrogens (tertiary/aromatic N) is 1. The maximum Gasteiger partial charge on any atom is 0.236 e. The average Bonchev–Trinajstić information content (AvgIpc) is 2.34. The summed E-state index contributed by atoms with van der Waals surface area (Å²) >= 11 is 0. The third-order valence-electron chi connectivity index (χ3n) is 2.44. The van der Waals surface area contributed by atoms with Crippen molar-refractivity contribution in [3.63, 3.8) is 0 Å². The van der Waals surface area contributed by atoms with Crippen molar-refractivity contribution >= 4 is 5.91 Å². The Balaban J connectivity index is 2.29. The molecule has 17 heavy (non-hydrogen) atoms. The maximum absolute atomic E-state index is 11.7. The molecule has 1 aromatic rings. The van der Waals surface area contributed by atoms with E-state index in [9.17, 15) is 4.79 Å². The molecule has 4 nitrogen and oxygen atoms in total. The molecule has 1 atom stereocenters. The summed E-state index contributed by atoms with van der Waals surface area (Å²) in [6, 6.07) is 3.69. The van der Waals surface area contributed by atoms with Crippen molar-refractivity contribution in [2.24, 2.45) is 5.92 Å². The molecular weight excluding hydrogens is 214 g/mol. The molecule has 1 unspecified atom stereocenters. The SMILES string of the molecule is CC(C)CNC(=O)C(C)NCc1ccncc1. The number of carbonyl (C=O) groups is 1. The molecule has 0 aliphatic carbocycles. The zero-order valence-electron chi connectivity index (χ0n) is 10.7. The van der Waals surface area contributed by atoms with E-state index in [1.165, 1.54) is 0 Å². The molecule has 1 aromatic heterocycles. The van der Waals surface area contributed by atoms with Crippen molar-refractivity contribution in [1.82, 2.24) is 15.6 Å². The van der Waals surface area contributed by atoms with Gasteiger partial charge in [-0.15, -0.1) is 0 Å². The van der Waals surface area contributed by atoms with Gasteiger partial charge in [0.1, 0.15) is 0 Å². The minimum Gasteiger partial charge on any atom is -0.354 e. The Morgan fingerprint density at radius 2 is 1.94 bits per heavy atom. The summed E-state index contributed by atoms with van der Waals surface area (Å²) in [6.45, 7) is 7.43. The van der Waals surface area contributed by atoms with Crippen LogP contribution >= 0.6 is 0 Å². The molecule has 4 heteroatoms. The Labute approximate surface area is 103 Å². The van der Waals surface area contributed by atoms with E-state index in [0.29, 0.717) is 12.5 Å². The Hall–Kier alpha value is -1.42. The highest BCUT2D eigenvalue weighted by Crippen LogP contribution is 1.96. The van der Waals surface area contributed by atoms with Crippen molar-refractivity contribution in [3.05, 3.63) is 30.1 Å². The van der Waals surface area contributed by atoms with Crippen molar-refractivity contribution in [1.29, 1.82) is 0 Å². The smallest absolute Gasteiger partial charge is 0.236 e. The molecule has 0 fully saturated rings. The van der Waals surface area contributed by atoms with E-state index in [1.54, 1.807) is 12.4 Å². The second kappa shape index (κ2) is 7.01. The van der Waals surface area contributed by atoms with Crippen LogP contribution in [0.3, 0.4) is 0 Å². The highest BCUT2D eigenvalue weighted by atomic mass is 16.2. The Morgan fingerprint density at radius 3 is 2.53 bits per heavy atom. The molecule has 0 saturated carbocycles. The predicted octanol–water partition coefficient (Wildman–Crippen LogP) is 1.33. The van der Waals surface area contributed by atoms with E-state index < -0.39 is 0 Å². The fourth-order valence-corrected chi connectivity index (χ4v) is 1.32. The van der Waals surface area contributed by atoms with Gasteiger partial charge in [-0.25, -0.2) is 0 Å². The Morgan fingerprint density at radius 1 is 1.29 bits per heavy atom. The summed E-state index contributed by atoms with van der Waals surface area (Å²) < 4.78 is 0. The Kier molecular flexibility index (Phi) is 5.63. The van der Waals surface area contributed by atoms with Gasteiger partial charge >= 0.3 is 0 Å². The summed E-state index contributed by atoms with van der Waals surface area (Å²) in [5.74, 6) is 0.527. The molecule has 1 amide bonds. The molecule has 0 aliphatic rings. The number of nitrogens with one attached hydrogen (secondary N) is 2. The van der Waals surface area contributed by atoms with E-state index in [1.807, 2.05) is 19.1 Å². The number of aromatic nitrogens is 1. The van der Waals surface area contributed by atoms with E-state index in [0.717, 1.165) is 12.1 Å². The van der Waals surface area contributed by atoms with Crippen LogP contribution in [0.15, 0.2) is 24.5 Å². The first-order valence-corrected chi connectivity index (χ1v) is 5.99. The monoisotopic (exact) mass is 235 g/mol. The fraction of sp³-hybridized carbons (Fsp3) is 0.538. The van der Waals surface area contributed by atoms with Gasteiger partial charge in [0.15, 0.2) is 0 Å². The number of rotatable bonds is 6. The number of amides is 1. The lowest BCUT2D eigenvalue weighted by molar-refractivity contribution is -0.122. The first-order chi connectivity index (χ1) is 8.09. The van der Waals surface area contributed by atoms with Gasteiger partial charge in [0.05, 0.1) is 6.04 Å². The van der Waals surface area contributed by atoms with E-state index >= 15 is 0 Å². The number of pyridine rings is 1. The van der Waals surface area contributed by atoms with Gasteiger partial charge in [-0.2, -0.15) is 0 Å². The molecule has 94 valence electrons. The highest BCUT2D eigenvalue weighted by molar-refractivity contribution is 5.81. The van der Waals surface area contributed by atoms with Gasteiger partial charge in [0, 0.05) is 25.5 Å². The van der Waals surface area contributed by atoms with Crippen LogP contribution in [-0.2, 0) is 11.3 Å². The molecule has 0 saturated heterocycles. The topological polar surface area (TPSA) is 54.0 Å². The van der Waals surface area contributed by atoms with Gasteiger partial charge in [0.25, 0.3) is 0 Å². The van der Waals surface area contributed by atoms with E-state index in [2.05, 4.69) is 29.5 Å². The summed E-state index contributed by atoms with van der Waals surface area (Å²) in [5.41, 5.74) is 1.13. The highest BCUT2D eigenvalue weighted by Gasteiger charge is 2.11. The first kappa shape index (κ1) is 13.6. The Bertz CT molecular complexity index is 338. The van der Waals surface area contributed by atoms with Crippen LogP contribution in [-0.4, -0.2) is 23.5 Å². The number of hydrogen-bond acceptors (Lipinski definition) is 3. The van der Waals surface area contributed by atoms with Gasteiger partial charge in [-0.05, 0) is 30.5 Å². The largest absolute Gasteiger partial charge is 0.354 e. The van der Waals surface area contributed by atoms with Gasteiger partial charge in [-0.3, -0.25) is 9.78 Å². The van der Waals surface area contributed by atoms with Crippen molar-refractivity contribution in [2.45, 2.75) is 33.4 Å². The molecule has 0 radical (unpaired) electrons. The zero-order valence-corrected chi connectivity index (χ0v) is 10.7. The second-order valence-corrected chi connectivity index (χ2v) is 4.60. The minimum atomic E-state index is -0.179. The first-order valence-electron chi connectivity index (χ1n) is 5.99. The lowest BCUT2D eigenvalue weighted by Gasteiger charge is -2.15. The van der Waals surface area contributed by atoms with Crippen LogP contribution in [0.4, 0.5) is 0 Å². The predicted molar refractivity (Wildman–Crippen MR) is 68.4 cm³/mol. The molecular formula is C13H21N3O. The lowest BCUT2D eigenvalue weighted by Crippen LogP contribution is -2.42. The van der Waals surface area contributed by atoms with Gasteiger partial charge in [-0.1, -0.05) is 13.8 Å². The number of hydrogen-bond donors (Lipinski definition) is 2. The molecule has 2 N–H and O–H groups in total. The lowest BCUT2D eigenvalue weighted by atomic mass is 10.2. The van der Waals surface area contributed by atoms with Crippen molar-refractivity contribution < 1.29 is 4.79 Å². The van der Waals surface area contributed by atoms with Crippen LogP contribution in [0.5, 0.6) is 0 Å². The van der Waals surface area contributed by atoms with Crippen molar-refractivity contribution in [3.8, 4) is 0 Å². The molecule has 1 heterocycles. The van der Waals surface area contributed by atoms with Crippen LogP contribution in [0.1, 0.15) is 26.3 Å². The quantitative estimate of drug-likeness (QED) is 0.782. The third kappa shape index (κ3) is 5.45. The van der Waals surface area contributed by atoms with Crippen LogP contribution < -0.4 is 10.6 Å². The molecule has 0 aliphatic heterocycles. The zero-order chi connectivity index (χ0) is 12.7. The third-order valence-corrected chi connectivity index (χ3v) is 2.44. The summed E-state index contributed by atoms with van der Waals surface area (Å²) in [4.78, 5) is 15.6. The normalized spacial score (nSPS) is 12.5. The molecule has 1 rings (SSSR count). The summed E-state index contributed by atoms with van der Waals surface area (Å²) in [5, 5.41) is 6.09.